The number of carbonyl (C=O) groups is 1. The van der Waals surface area contributed by atoms with Crippen molar-refractivity contribution in [2.24, 2.45) is 0 Å². The number of hydrogen-bond donors (Lipinski definition) is 1. The molecule has 0 spiro atoms. The molecule has 0 radical (unpaired) electrons. The number of carbonyl (C=O) groups excluding carboxylic acids is 1. The minimum atomic E-state index is -0.0985. The van der Waals surface area contributed by atoms with E-state index in [-0.39, 0.29) is 12.5 Å². The minimum Gasteiger partial charge on any atom is -0.379 e. The number of nitrogens with zero attached hydrogens (tertiary/aromatic N) is 1. The average molecular weight is 338 g/mol. The van der Waals surface area contributed by atoms with Gasteiger partial charge in [-0.05, 0) is 24.6 Å². The van der Waals surface area contributed by atoms with Crippen LogP contribution >= 0.6 is 11.8 Å². The average Bonchev–Trinajstić information content (AvgIpc) is 2.61. The number of ether oxygens (including phenoxy) is 2. The summed E-state index contributed by atoms with van der Waals surface area (Å²) in [5.41, 5.74) is 2.36. The van der Waals surface area contributed by atoms with Crippen molar-refractivity contribution in [3.05, 3.63) is 29.8 Å². The number of nitrogens with one attached hydrogen (secondary N) is 1. The van der Waals surface area contributed by atoms with Crippen molar-refractivity contribution in [1.29, 1.82) is 0 Å². The van der Waals surface area contributed by atoms with Crippen molar-refractivity contribution in [3.63, 3.8) is 0 Å². The van der Waals surface area contributed by atoms with Crippen LogP contribution in [0.5, 0.6) is 0 Å². The monoisotopic (exact) mass is 338 g/mol. The molecule has 1 aromatic rings. The molecule has 0 bridgehead atoms. The number of hydrogen-bond acceptors (Lipinski definition) is 5. The van der Waals surface area contributed by atoms with E-state index in [0.29, 0.717) is 26.4 Å². The van der Waals surface area contributed by atoms with Gasteiger partial charge in [-0.15, -0.1) is 0 Å². The van der Waals surface area contributed by atoms with E-state index in [1.165, 1.54) is 17.2 Å². The first-order chi connectivity index (χ1) is 11.3. The van der Waals surface area contributed by atoms with Crippen LogP contribution in [0.25, 0.3) is 0 Å². The molecule has 6 heteroatoms. The predicted molar refractivity (Wildman–Crippen MR) is 95.1 cm³/mol. The van der Waals surface area contributed by atoms with Gasteiger partial charge in [0.25, 0.3) is 0 Å². The van der Waals surface area contributed by atoms with E-state index in [9.17, 15) is 4.79 Å². The molecule has 1 fully saturated rings. The molecule has 2 rings (SSSR count). The summed E-state index contributed by atoms with van der Waals surface area (Å²) in [5, 5.41) is 2.87. The predicted octanol–water partition coefficient (Wildman–Crippen LogP) is 1.91. The number of rotatable bonds is 9. The van der Waals surface area contributed by atoms with Gasteiger partial charge in [0, 0.05) is 43.4 Å². The molecule has 1 aliphatic rings. The topological polar surface area (TPSA) is 50.8 Å². The van der Waals surface area contributed by atoms with Gasteiger partial charge in [-0.3, -0.25) is 4.79 Å². The van der Waals surface area contributed by atoms with Crippen molar-refractivity contribution < 1.29 is 14.3 Å². The molecule has 0 aromatic heterocycles. The lowest BCUT2D eigenvalue weighted by Crippen LogP contribution is -2.32. The normalized spacial score (nSPS) is 14.7. The second-order valence-electron chi connectivity index (χ2n) is 5.29. The Labute approximate surface area is 142 Å². The van der Waals surface area contributed by atoms with Gasteiger partial charge in [-0.1, -0.05) is 12.1 Å². The highest BCUT2D eigenvalue weighted by Crippen LogP contribution is 2.19. The lowest BCUT2D eigenvalue weighted by atomic mass is 10.2. The fraction of sp³-hybridized carbons (Fsp3) is 0.588. The van der Waals surface area contributed by atoms with Crippen LogP contribution in [-0.2, 0) is 20.8 Å². The Kier molecular flexibility index (Phi) is 8.28. The molecule has 1 heterocycles. The zero-order chi connectivity index (χ0) is 16.3. The maximum absolute atomic E-state index is 11.7. The van der Waals surface area contributed by atoms with Crippen molar-refractivity contribution in [3.8, 4) is 0 Å². The van der Waals surface area contributed by atoms with E-state index < -0.39 is 0 Å². The highest BCUT2D eigenvalue weighted by molar-refractivity contribution is 7.99. The molecule has 1 N–H and O–H groups in total. The number of anilines is 1. The summed E-state index contributed by atoms with van der Waals surface area (Å²) in [4.78, 5) is 14.1. The van der Waals surface area contributed by atoms with Crippen LogP contribution in [0.1, 0.15) is 12.5 Å². The number of thioether (sulfide) groups is 1. The summed E-state index contributed by atoms with van der Waals surface area (Å²) in [6.45, 7) is 6.41. The van der Waals surface area contributed by atoms with Gasteiger partial charge in [0.2, 0.25) is 5.91 Å². The second kappa shape index (κ2) is 10.5. The fourth-order valence-corrected chi connectivity index (χ4v) is 3.23. The van der Waals surface area contributed by atoms with Gasteiger partial charge in [0.1, 0.15) is 6.61 Å². The van der Waals surface area contributed by atoms with Crippen LogP contribution in [0.15, 0.2) is 24.3 Å². The van der Waals surface area contributed by atoms with Gasteiger partial charge in [-0.2, -0.15) is 11.8 Å². The quantitative estimate of drug-likeness (QED) is 0.697. The summed E-state index contributed by atoms with van der Waals surface area (Å²) in [5.74, 6) is 2.29. The summed E-state index contributed by atoms with van der Waals surface area (Å²) < 4.78 is 10.4. The van der Waals surface area contributed by atoms with Crippen LogP contribution in [-0.4, -0.2) is 56.9 Å². The zero-order valence-corrected chi connectivity index (χ0v) is 14.6. The third-order valence-corrected chi connectivity index (χ3v) is 4.55. The molecule has 1 amide bonds. The van der Waals surface area contributed by atoms with E-state index in [0.717, 1.165) is 18.7 Å². The standard InChI is InChI=1S/C17H26N2O3S/c1-2-21-9-10-22-14-17(20)18-13-15-3-5-16(6-4-15)19-7-11-23-12-8-19/h3-6H,2,7-14H2,1H3,(H,18,20). The maximum Gasteiger partial charge on any atom is 0.246 e. The van der Waals surface area contributed by atoms with Crippen molar-refractivity contribution >= 4 is 23.4 Å². The first-order valence-corrected chi connectivity index (χ1v) is 9.29. The van der Waals surface area contributed by atoms with Gasteiger partial charge in [-0.25, -0.2) is 0 Å². The van der Waals surface area contributed by atoms with Gasteiger partial charge >= 0.3 is 0 Å². The lowest BCUT2D eigenvalue weighted by Gasteiger charge is -2.28. The van der Waals surface area contributed by atoms with Crippen LogP contribution in [0.4, 0.5) is 5.69 Å². The Morgan fingerprint density at radius 3 is 2.57 bits per heavy atom. The smallest absolute Gasteiger partial charge is 0.246 e. The van der Waals surface area contributed by atoms with E-state index in [4.69, 9.17) is 9.47 Å². The molecular weight excluding hydrogens is 312 g/mol. The second-order valence-corrected chi connectivity index (χ2v) is 6.52. The van der Waals surface area contributed by atoms with Crippen LogP contribution in [0, 0.1) is 0 Å². The minimum absolute atomic E-state index is 0.0800. The maximum atomic E-state index is 11.7. The number of amides is 1. The van der Waals surface area contributed by atoms with Crippen LogP contribution in [0.2, 0.25) is 0 Å². The molecule has 0 unspecified atom stereocenters. The third kappa shape index (κ3) is 6.81. The van der Waals surface area contributed by atoms with Crippen molar-refractivity contribution in [2.75, 3.05) is 55.9 Å². The molecule has 0 aliphatic carbocycles. The SMILES string of the molecule is CCOCCOCC(=O)NCc1ccc(N2CCSCC2)cc1. The Morgan fingerprint density at radius 2 is 1.87 bits per heavy atom. The molecule has 5 nitrogen and oxygen atoms in total. The van der Waals surface area contributed by atoms with Gasteiger partial charge in [0.15, 0.2) is 0 Å². The lowest BCUT2D eigenvalue weighted by molar-refractivity contribution is -0.126. The third-order valence-electron chi connectivity index (χ3n) is 3.61. The van der Waals surface area contributed by atoms with E-state index in [1.807, 2.05) is 18.7 Å². The Bertz CT molecular complexity index is 461. The first kappa shape index (κ1) is 18.1. The Balaban J connectivity index is 1.66. The zero-order valence-electron chi connectivity index (χ0n) is 13.8. The molecule has 0 saturated carbocycles. The molecule has 1 aliphatic heterocycles. The van der Waals surface area contributed by atoms with E-state index in [1.54, 1.807) is 0 Å². The molecule has 1 saturated heterocycles. The van der Waals surface area contributed by atoms with Crippen LogP contribution < -0.4 is 10.2 Å². The molecule has 23 heavy (non-hydrogen) atoms. The summed E-state index contributed by atoms with van der Waals surface area (Å²) in [6.07, 6.45) is 0. The first-order valence-electron chi connectivity index (χ1n) is 8.13. The highest BCUT2D eigenvalue weighted by Gasteiger charge is 2.10. The van der Waals surface area contributed by atoms with Gasteiger partial charge < -0.3 is 19.7 Å². The fourth-order valence-electron chi connectivity index (χ4n) is 2.32. The molecule has 128 valence electrons. The van der Waals surface area contributed by atoms with Crippen molar-refractivity contribution in [2.45, 2.75) is 13.5 Å². The summed E-state index contributed by atoms with van der Waals surface area (Å²) in [6, 6.07) is 8.42. The van der Waals surface area contributed by atoms with Gasteiger partial charge in [0.05, 0.1) is 13.2 Å². The molecule has 1 aromatic carbocycles. The summed E-state index contributed by atoms with van der Waals surface area (Å²) in [7, 11) is 0. The van der Waals surface area contributed by atoms with Crippen molar-refractivity contribution in [1.82, 2.24) is 5.32 Å². The Hall–Kier alpha value is -1.24. The molecule has 0 atom stereocenters. The Morgan fingerprint density at radius 1 is 1.17 bits per heavy atom. The number of benzene rings is 1. The van der Waals surface area contributed by atoms with E-state index in [2.05, 4.69) is 34.5 Å². The largest absolute Gasteiger partial charge is 0.379 e. The molecular formula is C17H26N2O3S. The summed E-state index contributed by atoms with van der Waals surface area (Å²) >= 11 is 2.01. The van der Waals surface area contributed by atoms with Crippen LogP contribution in [0.3, 0.4) is 0 Å². The highest BCUT2D eigenvalue weighted by atomic mass is 32.2. The van der Waals surface area contributed by atoms with E-state index >= 15 is 0 Å².